The number of nitrogens with one attached hydrogen (secondary N) is 1. The number of aliphatic hydroxyl groups excluding tert-OH is 1. The highest BCUT2D eigenvalue weighted by Gasteiger charge is 2.16. The van der Waals surface area contributed by atoms with E-state index in [1.807, 2.05) is 0 Å². The van der Waals surface area contributed by atoms with Gasteiger partial charge in [-0.3, -0.25) is 9.59 Å². The van der Waals surface area contributed by atoms with Crippen LogP contribution in [0.15, 0.2) is 5.70 Å². The van der Waals surface area contributed by atoms with Gasteiger partial charge in [-0.05, 0) is 76.8 Å². The van der Waals surface area contributed by atoms with Crippen molar-refractivity contribution in [1.29, 1.82) is 0 Å². The van der Waals surface area contributed by atoms with Gasteiger partial charge < -0.3 is 24.8 Å². The number of hydrogen-bond donors (Lipinski definition) is 2. The van der Waals surface area contributed by atoms with Gasteiger partial charge in [0.25, 0.3) is 0 Å². The molecule has 1 unspecified atom stereocenters. The van der Waals surface area contributed by atoms with Gasteiger partial charge in [-0.1, -0.05) is 156 Å². The van der Waals surface area contributed by atoms with Gasteiger partial charge in [0.15, 0.2) is 0 Å². The van der Waals surface area contributed by atoms with Gasteiger partial charge >= 0.3 is 11.9 Å². The van der Waals surface area contributed by atoms with Gasteiger partial charge in [0.1, 0.15) is 5.94 Å². The van der Waals surface area contributed by atoms with Gasteiger partial charge in [0, 0.05) is 31.8 Å². The van der Waals surface area contributed by atoms with Crippen LogP contribution in [0.3, 0.4) is 0 Å². The summed E-state index contributed by atoms with van der Waals surface area (Å²) >= 11 is 0. The van der Waals surface area contributed by atoms with E-state index in [1.165, 1.54) is 103 Å². The van der Waals surface area contributed by atoms with E-state index in [4.69, 9.17) is 9.47 Å². The standard InChI is InChI=1S/C48H92N2O6/c1-5-9-13-17-20-23-31-44(30-22-16-12-8-4)40-49-46(41-52)33-24-21-28-36-50(38-39-51)37-29-27-32-45(42-55-47(53)34-25-18-14-10-6-2)43-56-48(54)35-26-19-15-11-7-3/h44-45,49,51H,5-40,42-43H2,1-4H3. The predicted molar refractivity (Wildman–Crippen MR) is 235 cm³/mol. The Morgan fingerprint density at radius 1 is 0.518 bits per heavy atom. The van der Waals surface area contributed by atoms with E-state index in [-0.39, 0.29) is 24.5 Å². The molecule has 0 aromatic heterocycles. The Morgan fingerprint density at radius 3 is 1.41 bits per heavy atom. The summed E-state index contributed by atoms with van der Waals surface area (Å²) in [5.41, 5.74) is 0.726. The van der Waals surface area contributed by atoms with E-state index < -0.39 is 0 Å². The molecule has 8 nitrogen and oxygen atoms in total. The summed E-state index contributed by atoms with van der Waals surface area (Å²) < 4.78 is 11.3. The van der Waals surface area contributed by atoms with Crippen LogP contribution < -0.4 is 5.32 Å². The lowest BCUT2D eigenvalue weighted by Gasteiger charge is -2.22. The Hall–Kier alpha value is -1.89. The first-order valence-corrected chi connectivity index (χ1v) is 24.1. The Balaban J connectivity index is 4.69. The lowest BCUT2D eigenvalue weighted by Crippen LogP contribution is -2.29. The van der Waals surface area contributed by atoms with Crippen LogP contribution in [0, 0.1) is 11.8 Å². The molecule has 0 amide bonds. The molecule has 56 heavy (non-hydrogen) atoms. The number of rotatable bonds is 44. The molecule has 0 aliphatic rings. The van der Waals surface area contributed by atoms with Gasteiger partial charge in [0.2, 0.25) is 0 Å². The van der Waals surface area contributed by atoms with Crippen LogP contribution >= 0.6 is 0 Å². The average Bonchev–Trinajstić information content (AvgIpc) is 3.20. The Bertz CT molecular complexity index is 893. The van der Waals surface area contributed by atoms with Crippen LogP contribution in [0.2, 0.25) is 0 Å². The second-order valence-electron chi connectivity index (χ2n) is 16.7. The monoisotopic (exact) mass is 793 g/mol. The van der Waals surface area contributed by atoms with Crippen LogP contribution in [0.1, 0.15) is 227 Å². The van der Waals surface area contributed by atoms with E-state index in [0.717, 1.165) is 109 Å². The number of hydrogen-bond acceptors (Lipinski definition) is 8. The van der Waals surface area contributed by atoms with E-state index in [2.05, 4.69) is 43.9 Å². The van der Waals surface area contributed by atoms with Crippen molar-refractivity contribution in [1.82, 2.24) is 10.2 Å². The molecule has 0 aromatic carbocycles. The average molecular weight is 793 g/mol. The highest BCUT2D eigenvalue weighted by Crippen LogP contribution is 2.20. The van der Waals surface area contributed by atoms with Crippen molar-refractivity contribution < 1.29 is 29.0 Å². The molecule has 0 heterocycles. The van der Waals surface area contributed by atoms with Crippen molar-refractivity contribution in [3.05, 3.63) is 5.70 Å². The normalized spacial score (nSPS) is 11.9. The predicted octanol–water partition coefficient (Wildman–Crippen LogP) is 12.1. The molecule has 0 aromatic rings. The van der Waals surface area contributed by atoms with Gasteiger partial charge in [-0.25, -0.2) is 4.79 Å². The van der Waals surface area contributed by atoms with Crippen LogP contribution in [0.25, 0.3) is 0 Å². The lowest BCUT2D eigenvalue weighted by molar-refractivity contribution is -0.149. The molecule has 0 fully saturated rings. The van der Waals surface area contributed by atoms with Gasteiger partial charge in [0.05, 0.1) is 25.5 Å². The summed E-state index contributed by atoms with van der Waals surface area (Å²) in [5, 5.41) is 13.2. The number of allylic oxidation sites excluding steroid dienone is 1. The van der Waals surface area contributed by atoms with Crippen LogP contribution in [-0.4, -0.2) is 73.9 Å². The zero-order valence-corrected chi connectivity index (χ0v) is 37.5. The number of nitrogens with zero attached hydrogens (tertiary/aromatic N) is 1. The molecule has 1 atom stereocenters. The molecule has 0 saturated carbocycles. The minimum Gasteiger partial charge on any atom is -0.465 e. The van der Waals surface area contributed by atoms with Crippen molar-refractivity contribution in [2.75, 3.05) is 46.0 Å². The summed E-state index contributed by atoms with van der Waals surface area (Å²) in [4.78, 5) is 39.0. The fraction of sp³-hybridized carbons (Fsp3) is 0.917. The number of unbranched alkanes of at least 4 members (excludes halogenated alkanes) is 19. The third-order valence-electron chi connectivity index (χ3n) is 11.2. The Morgan fingerprint density at radius 2 is 0.911 bits per heavy atom. The van der Waals surface area contributed by atoms with E-state index in [9.17, 15) is 19.5 Å². The van der Waals surface area contributed by atoms with Crippen LogP contribution in [0.4, 0.5) is 0 Å². The maximum atomic E-state index is 12.4. The molecule has 8 heteroatoms. The zero-order valence-electron chi connectivity index (χ0n) is 37.5. The molecule has 2 N–H and O–H groups in total. The minimum atomic E-state index is -0.153. The van der Waals surface area contributed by atoms with Crippen molar-refractivity contribution >= 4 is 17.9 Å². The minimum absolute atomic E-state index is 0.00468. The topological polar surface area (TPSA) is 105 Å². The van der Waals surface area contributed by atoms with Gasteiger partial charge in [-0.2, -0.15) is 0 Å². The lowest BCUT2D eigenvalue weighted by atomic mass is 9.94. The molecule has 0 saturated heterocycles. The number of carbonyl (C=O) groups is 2. The Kier molecular flexibility index (Phi) is 41.3. The number of carbonyl (C=O) groups excluding carboxylic acids is 3. The molecular weight excluding hydrogens is 701 g/mol. The fourth-order valence-electron chi connectivity index (χ4n) is 7.45. The molecular formula is C48H92N2O6. The first-order valence-electron chi connectivity index (χ1n) is 24.1. The largest absolute Gasteiger partial charge is 0.465 e. The molecule has 0 spiro atoms. The molecule has 0 aliphatic carbocycles. The smallest absolute Gasteiger partial charge is 0.305 e. The van der Waals surface area contributed by atoms with Crippen LogP contribution in [-0.2, 0) is 23.9 Å². The second-order valence-corrected chi connectivity index (χ2v) is 16.7. The maximum Gasteiger partial charge on any atom is 0.305 e. The van der Waals surface area contributed by atoms with Crippen molar-refractivity contribution in [2.45, 2.75) is 227 Å². The molecule has 0 aliphatic heterocycles. The summed E-state index contributed by atoms with van der Waals surface area (Å²) in [7, 11) is 0. The highest BCUT2D eigenvalue weighted by molar-refractivity contribution is 5.69. The number of ether oxygens (including phenoxy) is 2. The Labute approximate surface area is 346 Å². The molecule has 0 rings (SSSR count). The van der Waals surface area contributed by atoms with Crippen molar-refractivity contribution in [3.8, 4) is 0 Å². The fourth-order valence-corrected chi connectivity index (χ4v) is 7.45. The summed E-state index contributed by atoms with van der Waals surface area (Å²) in [5.74, 6) is 2.52. The summed E-state index contributed by atoms with van der Waals surface area (Å²) in [6, 6.07) is 0. The van der Waals surface area contributed by atoms with E-state index in [0.29, 0.717) is 38.5 Å². The van der Waals surface area contributed by atoms with E-state index >= 15 is 0 Å². The van der Waals surface area contributed by atoms with Gasteiger partial charge in [-0.15, -0.1) is 0 Å². The molecule has 330 valence electrons. The SMILES string of the molecule is CCCCCCCCC(CCCCCC)CNC(=C=O)CCCCCN(CCO)CCCCC(COC(=O)CCCCCCC)COC(=O)CCCCCCC. The summed E-state index contributed by atoms with van der Waals surface area (Å²) in [6.45, 7) is 13.0. The summed E-state index contributed by atoms with van der Waals surface area (Å²) in [6.07, 6.45) is 33.9. The molecule has 0 bridgehead atoms. The zero-order chi connectivity index (χ0) is 41.2. The highest BCUT2D eigenvalue weighted by atomic mass is 16.5. The van der Waals surface area contributed by atoms with Crippen LogP contribution in [0.5, 0.6) is 0 Å². The third kappa shape index (κ3) is 36.5. The maximum absolute atomic E-state index is 12.4. The van der Waals surface area contributed by atoms with Crippen molar-refractivity contribution in [2.24, 2.45) is 11.8 Å². The first kappa shape index (κ1) is 54.1. The number of aliphatic hydroxyl groups is 1. The third-order valence-corrected chi connectivity index (χ3v) is 11.2. The van der Waals surface area contributed by atoms with Crippen molar-refractivity contribution in [3.63, 3.8) is 0 Å². The molecule has 0 radical (unpaired) electrons. The second kappa shape index (κ2) is 42.7. The van der Waals surface area contributed by atoms with E-state index in [1.54, 1.807) is 0 Å². The first-order chi connectivity index (χ1) is 27.4. The quantitative estimate of drug-likeness (QED) is 0.0357. The number of esters is 2.